The molecule has 0 amide bonds. The first kappa shape index (κ1) is 20.5. The number of hydrogen-bond donors (Lipinski definition) is 0. The molecule has 0 fully saturated rings. The van der Waals surface area contributed by atoms with Gasteiger partial charge in [-0.15, -0.1) is 0 Å². The summed E-state index contributed by atoms with van der Waals surface area (Å²) in [5.41, 5.74) is 4.65. The molecule has 3 heterocycles. The van der Waals surface area contributed by atoms with Crippen LogP contribution in [-0.4, -0.2) is 23.6 Å². The molecule has 7 heteroatoms. The lowest BCUT2D eigenvalue weighted by Crippen LogP contribution is -2.20. The Bertz CT molecular complexity index is 1500. The maximum absolute atomic E-state index is 9.86. The number of hydrogen-bond acceptors (Lipinski definition) is 6. The number of methoxy groups -OCH3 is 2. The second-order valence-corrected chi connectivity index (χ2v) is 7.64. The van der Waals surface area contributed by atoms with Crippen LogP contribution in [0.3, 0.4) is 0 Å². The summed E-state index contributed by atoms with van der Waals surface area (Å²) in [6.07, 6.45) is 1.66. The highest BCUT2D eigenvalue weighted by Gasteiger charge is 2.22. The Labute approximate surface area is 191 Å². The van der Waals surface area contributed by atoms with Gasteiger partial charge in [0.05, 0.1) is 43.6 Å². The van der Waals surface area contributed by atoms with Crippen LogP contribution in [0.4, 0.5) is 11.5 Å². The maximum atomic E-state index is 9.86. The van der Waals surface area contributed by atoms with Gasteiger partial charge in [0.25, 0.3) is 0 Å². The molecule has 0 N–H and O–H groups in total. The molecular formula is C26H22N4O3. The average Bonchev–Trinajstić information content (AvgIpc) is 3.49. The fourth-order valence-corrected chi connectivity index (χ4v) is 4.12. The number of nitriles is 1. The Morgan fingerprint density at radius 2 is 1.85 bits per heavy atom. The van der Waals surface area contributed by atoms with E-state index in [9.17, 15) is 5.26 Å². The third-order valence-corrected chi connectivity index (χ3v) is 5.71. The summed E-state index contributed by atoms with van der Waals surface area (Å²) < 4.78 is 18.7. The average molecular weight is 438 g/mol. The summed E-state index contributed by atoms with van der Waals surface area (Å²) in [6, 6.07) is 21.8. The topological polar surface area (TPSA) is 75.9 Å². The number of ether oxygens (including phenoxy) is 2. The molecule has 0 aliphatic carbocycles. The van der Waals surface area contributed by atoms with Crippen molar-refractivity contribution in [1.29, 1.82) is 5.26 Å². The van der Waals surface area contributed by atoms with Gasteiger partial charge >= 0.3 is 0 Å². The molecule has 0 saturated heterocycles. The number of aromatic nitrogens is 2. The molecule has 0 saturated carbocycles. The minimum absolute atomic E-state index is 0.468. The van der Waals surface area contributed by atoms with Crippen LogP contribution in [-0.2, 0) is 6.54 Å². The first-order valence-corrected chi connectivity index (χ1v) is 10.5. The van der Waals surface area contributed by atoms with Crippen molar-refractivity contribution in [1.82, 2.24) is 9.38 Å². The summed E-state index contributed by atoms with van der Waals surface area (Å²) in [6.45, 7) is 2.40. The molecule has 0 spiro atoms. The minimum Gasteiger partial charge on any atom is -0.493 e. The number of aryl methyl sites for hydroxylation is 1. The first-order valence-electron chi connectivity index (χ1n) is 10.5. The molecule has 5 rings (SSSR count). The van der Waals surface area contributed by atoms with E-state index in [1.54, 1.807) is 20.5 Å². The Morgan fingerprint density at radius 3 is 2.58 bits per heavy atom. The molecule has 7 nitrogen and oxygen atoms in total. The van der Waals surface area contributed by atoms with E-state index in [4.69, 9.17) is 18.9 Å². The van der Waals surface area contributed by atoms with Gasteiger partial charge in [-0.3, -0.25) is 4.40 Å². The highest BCUT2D eigenvalue weighted by Crippen LogP contribution is 2.38. The van der Waals surface area contributed by atoms with Gasteiger partial charge in [-0.2, -0.15) is 5.26 Å². The number of imidazole rings is 1. The van der Waals surface area contributed by atoms with Gasteiger partial charge < -0.3 is 18.8 Å². The summed E-state index contributed by atoms with van der Waals surface area (Å²) in [7, 11) is 3.23. The molecule has 2 aromatic carbocycles. The fraction of sp³-hybridized carbons (Fsp3) is 0.154. The lowest BCUT2D eigenvalue weighted by atomic mass is 10.1. The maximum Gasteiger partial charge on any atom is 0.162 e. The smallest absolute Gasteiger partial charge is 0.162 e. The Morgan fingerprint density at radius 1 is 1.03 bits per heavy atom. The zero-order valence-corrected chi connectivity index (χ0v) is 18.6. The van der Waals surface area contributed by atoms with Crippen molar-refractivity contribution in [3.8, 4) is 17.6 Å². The predicted molar refractivity (Wildman–Crippen MR) is 126 cm³/mol. The summed E-state index contributed by atoms with van der Waals surface area (Å²) in [5.74, 6) is 2.92. The van der Waals surface area contributed by atoms with E-state index in [-0.39, 0.29) is 0 Å². The fourth-order valence-electron chi connectivity index (χ4n) is 4.12. The third kappa shape index (κ3) is 3.42. The summed E-state index contributed by atoms with van der Waals surface area (Å²) in [5, 5.41) is 9.86. The van der Waals surface area contributed by atoms with E-state index in [1.165, 1.54) is 0 Å². The van der Waals surface area contributed by atoms with E-state index in [0.717, 1.165) is 33.9 Å². The van der Waals surface area contributed by atoms with Crippen LogP contribution in [0.1, 0.15) is 16.9 Å². The van der Waals surface area contributed by atoms with Gasteiger partial charge in [0.1, 0.15) is 17.6 Å². The van der Waals surface area contributed by atoms with Gasteiger partial charge in [-0.05, 0) is 55.0 Å². The van der Waals surface area contributed by atoms with Gasteiger partial charge in [0.2, 0.25) is 0 Å². The second-order valence-electron chi connectivity index (χ2n) is 7.64. The lowest BCUT2D eigenvalue weighted by Gasteiger charge is -2.27. The predicted octanol–water partition coefficient (Wildman–Crippen LogP) is 5.62. The number of pyridine rings is 1. The normalized spacial score (nSPS) is 11.0. The molecule has 0 aliphatic heterocycles. The van der Waals surface area contributed by atoms with Gasteiger partial charge in [-0.1, -0.05) is 12.1 Å². The zero-order valence-electron chi connectivity index (χ0n) is 18.6. The van der Waals surface area contributed by atoms with Crippen LogP contribution >= 0.6 is 0 Å². The van der Waals surface area contributed by atoms with Crippen molar-refractivity contribution in [2.45, 2.75) is 13.5 Å². The number of para-hydroxylation sites is 2. The third-order valence-electron chi connectivity index (χ3n) is 5.71. The molecule has 3 aromatic heterocycles. The number of rotatable bonds is 6. The van der Waals surface area contributed by atoms with E-state index >= 15 is 0 Å². The lowest BCUT2D eigenvalue weighted by molar-refractivity contribution is 0.355. The number of nitrogens with zero attached hydrogens (tertiary/aromatic N) is 4. The quantitative estimate of drug-likeness (QED) is 0.343. The van der Waals surface area contributed by atoms with Crippen molar-refractivity contribution >= 4 is 28.2 Å². The van der Waals surface area contributed by atoms with E-state index in [2.05, 4.69) is 11.0 Å². The molecule has 0 bridgehead atoms. The molecule has 5 aromatic rings. The van der Waals surface area contributed by atoms with E-state index in [0.29, 0.717) is 29.3 Å². The second kappa shape index (κ2) is 8.24. The Hall–Kier alpha value is -4.44. The number of fused-ring (bicyclic) bond motifs is 3. The molecule has 0 aliphatic rings. The van der Waals surface area contributed by atoms with Crippen LogP contribution in [0.25, 0.3) is 16.7 Å². The van der Waals surface area contributed by atoms with Crippen LogP contribution < -0.4 is 14.4 Å². The molecule has 164 valence electrons. The van der Waals surface area contributed by atoms with Gasteiger partial charge in [0.15, 0.2) is 17.1 Å². The van der Waals surface area contributed by atoms with Crippen LogP contribution in [0.15, 0.2) is 71.3 Å². The van der Waals surface area contributed by atoms with E-state index < -0.39 is 0 Å². The standard InChI is InChI=1S/C26H22N4O3/c1-17-13-25(30-22-9-5-4-8-21(22)28-26(30)20(17)15-27)29(16-19-7-6-12-33-19)18-10-11-23(31-2)24(14-18)32-3/h4-14H,16H2,1-3H3. The van der Waals surface area contributed by atoms with Gasteiger partial charge in [-0.25, -0.2) is 4.98 Å². The van der Waals surface area contributed by atoms with Crippen molar-refractivity contribution in [3.63, 3.8) is 0 Å². The highest BCUT2D eigenvalue weighted by atomic mass is 16.5. The molecule has 0 unspecified atom stereocenters. The van der Waals surface area contributed by atoms with Crippen molar-refractivity contribution in [3.05, 3.63) is 83.8 Å². The Kier molecular flexibility index (Phi) is 5.11. The zero-order chi connectivity index (χ0) is 22.9. The SMILES string of the molecule is COc1ccc(N(Cc2ccco2)c2cc(C)c(C#N)c3nc4ccccc4n23)cc1OC. The number of furan rings is 1. The molecule has 33 heavy (non-hydrogen) atoms. The number of anilines is 2. The van der Waals surface area contributed by atoms with Crippen LogP contribution in [0.5, 0.6) is 11.5 Å². The molecule has 0 atom stereocenters. The van der Waals surface area contributed by atoms with Gasteiger partial charge in [0, 0.05) is 11.8 Å². The van der Waals surface area contributed by atoms with Crippen molar-refractivity contribution in [2.75, 3.05) is 19.1 Å². The van der Waals surface area contributed by atoms with Crippen LogP contribution in [0, 0.1) is 18.3 Å². The molecule has 0 radical (unpaired) electrons. The van der Waals surface area contributed by atoms with Crippen molar-refractivity contribution < 1.29 is 13.9 Å². The van der Waals surface area contributed by atoms with Crippen LogP contribution in [0.2, 0.25) is 0 Å². The summed E-state index contributed by atoms with van der Waals surface area (Å²) in [4.78, 5) is 6.91. The Balaban J connectivity index is 1.82. The molecular weight excluding hydrogens is 416 g/mol. The highest BCUT2D eigenvalue weighted by molar-refractivity contribution is 5.86. The first-order chi connectivity index (χ1) is 16.1. The largest absolute Gasteiger partial charge is 0.493 e. The van der Waals surface area contributed by atoms with Crippen molar-refractivity contribution in [2.24, 2.45) is 0 Å². The number of benzene rings is 2. The summed E-state index contributed by atoms with van der Waals surface area (Å²) >= 11 is 0. The minimum atomic E-state index is 0.468. The van der Waals surface area contributed by atoms with E-state index in [1.807, 2.05) is 72.0 Å². The monoisotopic (exact) mass is 438 g/mol.